The first kappa shape index (κ1) is 36.2. The zero-order valence-electron chi connectivity index (χ0n) is 32.3. The predicted octanol–water partition coefficient (Wildman–Crippen LogP) is 6.04. The van der Waals surface area contributed by atoms with Gasteiger partial charge in [-0.05, 0) is 110 Å². The summed E-state index contributed by atoms with van der Waals surface area (Å²) in [6, 6.07) is 29.3. The van der Waals surface area contributed by atoms with Gasteiger partial charge in [0.1, 0.15) is 17.5 Å². The van der Waals surface area contributed by atoms with Gasteiger partial charge in [0.25, 0.3) is 5.91 Å². The number of hydrogen-bond donors (Lipinski definition) is 2. The molecule has 294 valence electrons. The minimum absolute atomic E-state index is 0.0511. The van der Waals surface area contributed by atoms with Crippen LogP contribution in [-0.4, -0.2) is 90.7 Å². The van der Waals surface area contributed by atoms with Crippen LogP contribution in [0.1, 0.15) is 94.1 Å². The molecule has 0 unspecified atom stereocenters. The number of nitrogens with zero attached hydrogens (tertiary/aromatic N) is 3. The van der Waals surface area contributed by atoms with E-state index in [2.05, 4.69) is 81.8 Å². The molecular formula is C47H50N4O6. The molecule has 0 radical (unpaired) electrons. The van der Waals surface area contributed by atoms with Gasteiger partial charge in [-0.1, -0.05) is 54.6 Å². The van der Waals surface area contributed by atoms with Crippen molar-refractivity contribution in [2.45, 2.75) is 80.9 Å². The lowest BCUT2D eigenvalue weighted by molar-refractivity contribution is -0.136. The van der Waals surface area contributed by atoms with Crippen LogP contribution in [0.5, 0.6) is 11.5 Å². The van der Waals surface area contributed by atoms with E-state index >= 15 is 0 Å². The molecule has 4 aromatic rings. The summed E-state index contributed by atoms with van der Waals surface area (Å²) in [7, 11) is 0. The summed E-state index contributed by atoms with van der Waals surface area (Å²) in [6.45, 7) is 6.53. The maximum absolute atomic E-state index is 13.3. The molecule has 5 heterocycles. The van der Waals surface area contributed by atoms with E-state index in [-0.39, 0.29) is 35.7 Å². The molecule has 2 N–H and O–H groups in total. The summed E-state index contributed by atoms with van der Waals surface area (Å²) in [4.78, 5) is 44.1. The van der Waals surface area contributed by atoms with Crippen molar-refractivity contribution in [2.24, 2.45) is 0 Å². The highest BCUT2D eigenvalue weighted by Gasteiger charge is 2.47. The van der Waals surface area contributed by atoms with Gasteiger partial charge in [0.05, 0.1) is 19.3 Å². The molecule has 10 heteroatoms. The zero-order valence-corrected chi connectivity index (χ0v) is 32.3. The van der Waals surface area contributed by atoms with Crippen molar-refractivity contribution >= 4 is 23.4 Å². The molecule has 10 rings (SSSR count). The molecule has 10 nitrogen and oxygen atoms in total. The molecule has 57 heavy (non-hydrogen) atoms. The van der Waals surface area contributed by atoms with E-state index in [4.69, 9.17) is 9.47 Å². The van der Waals surface area contributed by atoms with Gasteiger partial charge in [-0.15, -0.1) is 0 Å². The fraction of sp³-hybridized carbons (Fsp3) is 0.426. The number of hydrogen-bond acceptors (Lipinski definition) is 8. The van der Waals surface area contributed by atoms with Crippen LogP contribution >= 0.6 is 0 Å². The summed E-state index contributed by atoms with van der Waals surface area (Å²) in [6.07, 6.45) is 5.89. The van der Waals surface area contributed by atoms with Crippen molar-refractivity contribution in [1.29, 1.82) is 0 Å². The molecule has 0 saturated carbocycles. The minimum Gasteiger partial charge on any atom is -0.508 e. The van der Waals surface area contributed by atoms with Crippen LogP contribution in [0.25, 0.3) is 0 Å². The number of aryl methyl sites for hydroxylation is 1. The molecule has 3 saturated heterocycles. The number of amides is 3. The Morgan fingerprint density at radius 2 is 1.68 bits per heavy atom. The third kappa shape index (κ3) is 6.56. The Morgan fingerprint density at radius 1 is 0.877 bits per heavy atom. The number of rotatable bonds is 9. The summed E-state index contributed by atoms with van der Waals surface area (Å²) >= 11 is 0. The molecule has 0 bridgehead atoms. The number of imide groups is 1. The summed E-state index contributed by atoms with van der Waals surface area (Å²) in [5.41, 5.74) is 9.14. The lowest BCUT2D eigenvalue weighted by Gasteiger charge is -2.41. The highest BCUT2D eigenvalue weighted by atomic mass is 16.5. The largest absolute Gasteiger partial charge is 0.508 e. The molecule has 3 fully saturated rings. The van der Waals surface area contributed by atoms with E-state index in [9.17, 15) is 19.5 Å². The molecule has 3 amide bonds. The van der Waals surface area contributed by atoms with Crippen molar-refractivity contribution in [2.75, 3.05) is 50.8 Å². The third-order valence-electron chi connectivity index (χ3n) is 13.8. The van der Waals surface area contributed by atoms with Crippen molar-refractivity contribution in [3.63, 3.8) is 0 Å². The number of nitrogens with one attached hydrogen (secondary N) is 1. The third-order valence-corrected chi connectivity index (χ3v) is 13.8. The van der Waals surface area contributed by atoms with Gasteiger partial charge in [0.15, 0.2) is 0 Å². The van der Waals surface area contributed by atoms with Crippen molar-refractivity contribution in [1.82, 2.24) is 15.1 Å². The number of likely N-dealkylation sites (tertiary alicyclic amines) is 1. The lowest BCUT2D eigenvalue weighted by atomic mass is 9.69. The van der Waals surface area contributed by atoms with Crippen LogP contribution < -0.4 is 15.0 Å². The van der Waals surface area contributed by atoms with Gasteiger partial charge in [-0.3, -0.25) is 19.7 Å². The van der Waals surface area contributed by atoms with E-state index in [1.807, 2.05) is 18.2 Å². The maximum Gasteiger partial charge on any atom is 0.255 e. The second-order valence-corrected chi connectivity index (χ2v) is 17.0. The molecule has 3 atom stereocenters. The number of ether oxygens (including phenoxy) is 2. The first-order valence-electron chi connectivity index (χ1n) is 20.8. The average molecular weight is 767 g/mol. The maximum atomic E-state index is 13.3. The molecule has 1 aliphatic carbocycles. The van der Waals surface area contributed by atoms with Gasteiger partial charge >= 0.3 is 0 Å². The first-order chi connectivity index (χ1) is 27.8. The van der Waals surface area contributed by atoms with Crippen molar-refractivity contribution in [3.8, 4) is 11.5 Å². The number of carbonyl (C=O) groups is 3. The Labute approximate surface area is 333 Å². The van der Waals surface area contributed by atoms with Crippen LogP contribution in [0.15, 0.2) is 84.9 Å². The first-order valence-corrected chi connectivity index (χ1v) is 20.8. The predicted molar refractivity (Wildman–Crippen MR) is 216 cm³/mol. The van der Waals surface area contributed by atoms with E-state index in [1.54, 1.807) is 4.90 Å². The van der Waals surface area contributed by atoms with Gasteiger partial charge < -0.3 is 29.3 Å². The molecule has 6 aliphatic rings. The van der Waals surface area contributed by atoms with Crippen molar-refractivity contribution < 1.29 is 29.0 Å². The van der Waals surface area contributed by atoms with E-state index in [0.717, 1.165) is 82.7 Å². The second-order valence-electron chi connectivity index (χ2n) is 17.0. The number of fused-ring (bicyclic) bond motifs is 5. The standard InChI is InChI=1S/C47H50N4O6/c52-34-12-14-37-32(25-34)9-13-36(30-5-2-1-3-6-30)43(37)31-7-10-33(11-8-31)50-26-35(27-50)56-24-4-21-49-22-19-47(20-23-49)29-57-44-39-28-51(41-17-18-42(53)48-45(41)54)46(55)38(39)15-16-40(44)47/h1-3,5-8,10-12,14-16,25,35-36,41,43,52H,4,9,13,17-24,26-29H2,(H,48,53,54)/t36-,41+,43+/m1/s1. The Bertz CT molecular complexity index is 2190. The molecular weight excluding hydrogens is 717 g/mol. The Kier molecular flexibility index (Phi) is 9.29. The Balaban J connectivity index is 0.693. The van der Waals surface area contributed by atoms with Gasteiger partial charge in [0, 0.05) is 66.4 Å². The van der Waals surface area contributed by atoms with Crippen LogP contribution in [0.3, 0.4) is 0 Å². The number of carbonyl (C=O) groups excluding carboxylic acids is 3. The Hall–Kier alpha value is -5.19. The number of phenols is 1. The fourth-order valence-corrected chi connectivity index (χ4v) is 10.6. The number of benzene rings is 4. The highest BCUT2D eigenvalue weighted by Crippen LogP contribution is 2.50. The zero-order chi connectivity index (χ0) is 38.7. The summed E-state index contributed by atoms with van der Waals surface area (Å²) in [5.74, 6) is 0.988. The quantitative estimate of drug-likeness (QED) is 0.157. The molecule has 1 spiro atoms. The SMILES string of the molecule is O=C1CC[C@H](N2Cc3c(ccc4c3OCC43CCN(CCCOC4CN(c5ccc([C@@H]6c7ccc(O)cc7CC[C@@H]6c6ccccc6)cc5)C4)CC3)C2=O)C(=O)N1. The molecule has 5 aliphatic heterocycles. The number of anilines is 1. The van der Waals surface area contributed by atoms with E-state index in [0.29, 0.717) is 36.8 Å². The number of aromatic hydroxyl groups is 1. The monoisotopic (exact) mass is 766 g/mol. The highest BCUT2D eigenvalue weighted by molar-refractivity contribution is 6.05. The lowest BCUT2D eigenvalue weighted by Crippen LogP contribution is -2.52. The van der Waals surface area contributed by atoms with Crippen molar-refractivity contribution in [3.05, 3.63) is 124 Å². The summed E-state index contributed by atoms with van der Waals surface area (Å²) < 4.78 is 12.7. The smallest absolute Gasteiger partial charge is 0.255 e. The van der Waals surface area contributed by atoms with Crippen LogP contribution in [0, 0.1) is 0 Å². The minimum atomic E-state index is -0.625. The van der Waals surface area contributed by atoms with E-state index in [1.165, 1.54) is 33.5 Å². The second kappa shape index (κ2) is 14.6. The van der Waals surface area contributed by atoms with Crippen LogP contribution in [0.2, 0.25) is 0 Å². The van der Waals surface area contributed by atoms with Gasteiger partial charge in [0.2, 0.25) is 11.8 Å². The topological polar surface area (TPSA) is 112 Å². The molecule has 0 aromatic heterocycles. The van der Waals surface area contributed by atoms with Gasteiger partial charge in [-0.2, -0.15) is 0 Å². The van der Waals surface area contributed by atoms with Gasteiger partial charge in [-0.25, -0.2) is 0 Å². The number of piperidine rings is 2. The van der Waals surface area contributed by atoms with Crippen LogP contribution in [-0.2, 0) is 32.7 Å². The summed E-state index contributed by atoms with van der Waals surface area (Å²) in [5, 5.41) is 12.6. The van der Waals surface area contributed by atoms with Crippen LogP contribution in [0.4, 0.5) is 5.69 Å². The molecule has 4 aromatic carbocycles. The fourth-order valence-electron chi connectivity index (χ4n) is 10.6. The Morgan fingerprint density at radius 3 is 2.47 bits per heavy atom. The number of phenolic OH excluding ortho intramolecular Hbond substituents is 1. The average Bonchev–Trinajstić information content (AvgIpc) is 3.74. The normalized spacial score (nSPS) is 24.1. The van der Waals surface area contributed by atoms with E-state index < -0.39 is 11.9 Å².